The second-order valence-corrected chi connectivity index (χ2v) is 4.93. The number of amides is 1. The molecule has 0 bridgehead atoms. The highest BCUT2D eigenvalue weighted by Crippen LogP contribution is 2.28. The van der Waals surface area contributed by atoms with Crippen LogP contribution in [-0.4, -0.2) is 35.5 Å². The van der Waals surface area contributed by atoms with Gasteiger partial charge in [-0.15, -0.1) is 0 Å². The number of nitrogens with two attached hydrogens (primary N) is 1. The van der Waals surface area contributed by atoms with Crippen LogP contribution in [0.25, 0.3) is 10.9 Å². The molecule has 1 saturated heterocycles. The molecule has 1 aliphatic rings. The molecule has 1 aromatic carbocycles. The number of likely N-dealkylation sites (tertiary alicyclic amines) is 1. The Bertz CT molecular complexity index is 636. The zero-order chi connectivity index (χ0) is 13.9. The van der Waals surface area contributed by atoms with Crippen LogP contribution in [0.15, 0.2) is 30.5 Å². The van der Waals surface area contributed by atoms with E-state index in [1.807, 2.05) is 17.0 Å². The molecule has 0 atom stereocenters. The van der Waals surface area contributed by atoms with Crippen molar-refractivity contribution in [3.63, 3.8) is 0 Å². The van der Waals surface area contributed by atoms with E-state index in [4.69, 9.17) is 10.5 Å². The summed E-state index contributed by atoms with van der Waals surface area (Å²) in [5.74, 6) is 0.686. The van der Waals surface area contributed by atoms with E-state index in [1.54, 1.807) is 18.3 Å². The first-order chi connectivity index (χ1) is 9.75. The second-order valence-electron chi connectivity index (χ2n) is 4.93. The molecule has 20 heavy (non-hydrogen) atoms. The van der Waals surface area contributed by atoms with Crippen LogP contribution in [0.3, 0.4) is 0 Å². The predicted molar refractivity (Wildman–Crippen MR) is 77.5 cm³/mol. The Morgan fingerprint density at radius 1 is 1.30 bits per heavy atom. The van der Waals surface area contributed by atoms with Crippen molar-refractivity contribution in [2.45, 2.75) is 12.8 Å². The molecule has 1 aromatic heterocycles. The maximum atomic E-state index is 12.0. The van der Waals surface area contributed by atoms with E-state index in [0.29, 0.717) is 17.0 Å². The van der Waals surface area contributed by atoms with Gasteiger partial charge in [-0.25, -0.2) is 0 Å². The molecule has 0 unspecified atom stereocenters. The van der Waals surface area contributed by atoms with Crippen LogP contribution in [0.4, 0.5) is 5.69 Å². The van der Waals surface area contributed by atoms with Crippen LogP contribution in [0, 0.1) is 0 Å². The van der Waals surface area contributed by atoms with Gasteiger partial charge in [-0.05, 0) is 37.1 Å². The van der Waals surface area contributed by atoms with Crippen LogP contribution in [-0.2, 0) is 4.79 Å². The van der Waals surface area contributed by atoms with Crippen molar-refractivity contribution in [2.24, 2.45) is 0 Å². The molecule has 2 N–H and O–H groups in total. The second kappa shape index (κ2) is 5.36. The number of carbonyl (C=O) groups excluding carboxylic acids is 1. The molecule has 104 valence electrons. The van der Waals surface area contributed by atoms with E-state index < -0.39 is 0 Å². The third-order valence-electron chi connectivity index (χ3n) is 3.57. The average molecular weight is 271 g/mol. The third kappa shape index (κ3) is 2.39. The Kier molecular flexibility index (Phi) is 3.41. The lowest BCUT2D eigenvalue weighted by Gasteiger charge is -2.16. The van der Waals surface area contributed by atoms with Crippen molar-refractivity contribution >= 4 is 22.5 Å². The first-order valence-electron chi connectivity index (χ1n) is 6.79. The molecule has 1 aliphatic heterocycles. The maximum Gasteiger partial charge on any atom is 0.260 e. The summed E-state index contributed by atoms with van der Waals surface area (Å²) in [7, 11) is 0. The number of aromatic nitrogens is 1. The average Bonchev–Trinajstić information content (AvgIpc) is 3.01. The molecule has 0 aliphatic carbocycles. The van der Waals surface area contributed by atoms with Gasteiger partial charge in [0.2, 0.25) is 0 Å². The molecule has 0 spiro atoms. The predicted octanol–water partition coefficient (Wildman–Crippen LogP) is 1.82. The molecule has 3 rings (SSSR count). The molecule has 2 aromatic rings. The van der Waals surface area contributed by atoms with Crippen LogP contribution < -0.4 is 10.5 Å². The van der Waals surface area contributed by atoms with Gasteiger partial charge >= 0.3 is 0 Å². The van der Waals surface area contributed by atoms with E-state index in [-0.39, 0.29) is 12.5 Å². The molecular formula is C15H17N3O2. The minimum atomic E-state index is 0.0383. The Balaban J connectivity index is 1.77. The van der Waals surface area contributed by atoms with Gasteiger partial charge in [0.1, 0.15) is 5.75 Å². The third-order valence-corrected chi connectivity index (χ3v) is 3.57. The molecule has 1 amide bonds. The summed E-state index contributed by atoms with van der Waals surface area (Å²) >= 11 is 0. The fourth-order valence-corrected chi connectivity index (χ4v) is 2.49. The number of pyridine rings is 1. The summed E-state index contributed by atoms with van der Waals surface area (Å²) in [6.45, 7) is 1.74. The van der Waals surface area contributed by atoms with Crippen molar-refractivity contribution in [2.75, 3.05) is 25.4 Å². The lowest BCUT2D eigenvalue weighted by Crippen LogP contribution is -2.32. The van der Waals surface area contributed by atoms with Crippen LogP contribution >= 0.6 is 0 Å². The smallest absolute Gasteiger partial charge is 0.260 e. The summed E-state index contributed by atoms with van der Waals surface area (Å²) in [4.78, 5) is 18.1. The molecule has 5 heteroatoms. The van der Waals surface area contributed by atoms with Gasteiger partial charge in [-0.3, -0.25) is 9.78 Å². The van der Waals surface area contributed by atoms with E-state index >= 15 is 0 Å². The Labute approximate surface area is 117 Å². The van der Waals surface area contributed by atoms with Gasteiger partial charge in [-0.2, -0.15) is 0 Å². The number of fused-ring (bicyclic) bond motifs is 1. The Morgan fingerprint density at radius 3 is 2.90 bits per heavy atom. The van der Waals surface area contributed by atoms with Crippen LogP contribution in [0.1, 0.15) is 12.8 Å². The first kappa shape index (κ1) is 12.7. The number of ether oxygens (including phenoxy) is 1. The molecule has 2 heterocycles. The van der Waals surface area contributed by atoms with Crippen molar-refractivity contribution in [3.8, 4) is 5.75 Å². The van der Waals surface area contributed by atoms with Gasteiger partial charge in [0.25, 0.3) is 5.91 Å². The maximum absolute atomic E-state index is 12.0. The highest BCUT2D eigenvalue weighted by Gasteiger charge is 2.18. The molecule has 1 fully saturated rings. The zero-order valence-electron chi connectivity index (χ0n) is 11.2. The van der Waals surface area contributed by atoms with E-state index in [1.165, 1.54) is 0 Å². The first-order valence-corrected chi connectivity index (χ1v) is 6.79. The molecule has 0 radical (unpaired) electrons. The summed E-state index contributed by atoms with van der Waals surface area (Å²) in [5.41, 5.74) is 7.20. The summed E-state index contributed by atoms with van der Waals surface area (Å²) in [5, 5.41) is 0.835. The molecule has 0 saturated carbocycles. The van der Waals surface area contributed by atoms with Crippen molar-refractivity contribution in [1.29, 1.82) is 0 Å². The van der Waals surface area contributed by atoms with E-state index in [0.717, 1.165) is 31.3 Å². The van der Waals surface area contributed by atoms with Crippen molar-refractivity contribution < 1.29 is 9.53 Å². The number of anilines is 1. The van der Waals surface area contributed by atoms with Gasteiger partial charge in [0, 0.05) is 24.7 Å². The molecular weight excluding hydrogens is 254 g/mol. The standard InChI is InChI=1S/C15H17N3O2/c16-12-5-6-13(11-4-3-7-17-15(11)12)20-10-14(19)18-8-1-2-9-18/h3-7H,1-2,8-10,16H2. The van der Waals surface area contributed by atoms with Gasteiger partial charge < -0.3 is 15.4 Å². The summed E-state index contributed by atoms with van der Waals surface area (Å²) in [6, 6.07) is 7.27. The summed E-state index contributed by atoms with van der Waals surface area (Å²) < 4.78 is 5.66. The van der Waals surface area contributed by atoms with Gasteiger partial charge in [0.05, 0.1) is 11.2 Å². The SMILES string of the molecule is Nc1ccc(OCC(=O)N2CCCC2)c2cccnc12. The minimum Gasteiger partial charge on any atom is -0.483 e. The monoisotopic (exact) mass is 271 g/mol. The Hall–Kier alpha value is -2.30. The lowest BCUT2D eigenvalue weighted by molar-refractivity contribution is -0.132. The number of hydrogen-bond donors (Lipinski definition) is 1. The van der Waals surface area contributed by atoms with Crippen molar-refractivity contribution in [1.82, 2.24) is 9.88 Å². The fraction of sp³-hybridized carbons (Fsp3) is 0.333. The topological polar surface area (TPSA) is 68.5 Å². The van der Waals surface area contributed by atoms with Gasteiger partial charge in [0.15, 0.2) is 6.61 Å². The van der Waals surface area contributed by atoms with E-state index in [2.05, 4.69) is 4.98 Å². The Morgan fingerprint density at radius 2 is 2.10 bits per heavy atom. The van der Waals surface area contributed by atoms with Crippen LogP contribution in [0.5, 0.6) is 5.75 Å². The highest BCUT2D eigenvalue weighted by molar-refractivity contribution is 5.94. The van der Waals surface area contributed by atoms with Crippen molar-refractivity contribution in [3.05, 3.63) is 30.5 Å². The van der Waals surface area contributed by atoms with Crippen LogP contribution in [0.2, 0.25) is 0 Å². The number of benzene rings is 1. The number of hydrogen-bond acceptors (Lipinski definition) is 4. The highest BCUT2D eigenvalue weighted by atomic mass is 16.5. The van der Waals surface area contributed by atoms with Gasteiger partial charge in [-0.1, -0.05) is 0 Å². The largest absolute Gasteiger partial charge is 0.483 e. The normalized spacial score (nSPS) is 14.7. The number of nitrogen functional groups attached to an aromatic ring is 1. The number of nitrogens with zero attached hydrogens (tertiary/aromatic N) is 2. The molecule has 5 nitrogen and oxygen atoms in total. The zero-order valence-corrected chi connectivity index (χ0v) is 11.2. The number of carbonyl (C=O) groups is 1. The minimum absolute atomic E-state index is 0.0383. The quantitative estimate of drug-likeness (QED) is 0.865. The fourth-order valence-electron chi connectivity index (χ4n) is 2.49. The summed E-state index contributed by atoms with van der Waals surface area (Å²) in [6.07, 6.45) is 3.86. The lowest BCUT2D eigenvalue weighted by atomic mass is 10.2. The van der Waals surface area contributed by atoms with E-state index in [9.17, 15) is 4.79 Å². The number of rotatable bonds is 3.